The zero-order chi connectivity index (χ0) is 18.3. The van der Waals surface area contributed by atoms with Gasteiger partial charge in [-0.1, -0.05) is 48.5 Å². The molecule has 0 saturated carbocycles. The van der Waals surface area contributed by atoms with Crippen molar-refractivity contribution in [3.05, 3.63) is 82.5 Å². The fourth-order valence-corrected chi connectivity index (χ4v) is 4.92. The Kier molecular flexibility index (Phi) is 4.01. The first-order valence-electron chi connectivity index (χ1n) is 8.26. The van der Waals surface area contributed by atoms with Gasteiger partial charge in [0.25, 0.3) is 0 Å². The highest BCUT2D eigenvalue weighted by atomic mass is 32.2. The minimum atomic E-state index is -3.74. The van der Waals surface area contributed by atoms with E-state index in [1.807, 2.05) is 30.3 Å². The number of nitrogens with zero attached hydrogens (tertiary/aromatic N) is 4. The Hall–Kier alpha value is -2.71. The molecule has 134 valence electrons. The second kappa shape index (κ2) is 6.22. The van der Waals surface area contributed by atoms with Crippen molar-refractivity contribution in [1.82, 2.24) is 18.7 Å². The number of hydrogen-bond donors (Lipinski definition) is 0. The largest absolute Gasteiger partial charge is 0.345 e. The summed E-state index contributed by atoms with van der Waals surface area (Å²) in [4.78, 5) is 12.5. The predicted molar refractivity (Wildman–Crippen MR) is 96.1 cm³/mol. The lowest BCUT2D eigenvalue weighted by molar-refractivity contribution is 0.289. The molecule has 8 heteroatoms. The van der Waals surface area contributed by atoms with Crippen LogP contribution in [0.25, 0.3) is 0 Å². The number of benzene rings is 2. The summed E-state index contributed by atoms with van der Waals surface area (Å²) >= 11 is 0. The summed E-state index contributed by atoms with van der Waals surface area (Å²) in [6, 6.07) is 17.0. The zero-order valence-corrected chi connectivity index (χ0v) is 15.0. The maximum Gasteiger partial charge on any atom is 0.345 e. The summed E-state index contributed by atoms with van der Waals surface area (Å²) in [7, 11) is -2.16. The Labute approximate surface area is 151 Å². The van der Waals surface area contributed by atoms with Crippen LogP contribution in [-0.2, 0) is 23.6 Å². The minimum Gasteiger partial charge on any atom is -0.276 e. The van der Waals surface area contributed by atoms with Crippen molar-refractivity contribution in [2.75, 3.05) is 6.54 Å². The van der Waals surface area contributed by atoms with Crippen LogP contribution in [0.15, 0.2) is 70.4 Å². The van der Waals surface area contributed by atoms with Crippen molar-refractivity contribution >= 4 is 10.0 Å². The highest BCUT2D eigenvalue weighted by molar-refractivity contribution is 7.89. The molecule has 1 atom stereocenters. The molecule has 1 aliphatic rings. The first kappa shape index (κ1) is 16.7. The van der Waals surface area contributed by atoms with Crippen LogP contribution in [0, 0.1) is 0 Å². The van der Waals surface area contributed by atoms with Gasteiger partial charge in [0.05, 0.1) is 4.90 Å². The molecule has 1 aromatic heterocycles. The molecule has 2 aromatic carbocycles. The second-order valence-corrected chi connectivity index (χ2v) is 8.05. The molecule has 0 bridgehead atoms. The summed E-state index contributed by atoms with van der Waals surface area (Å²) in [5, 5.41) is 4.33. The van der Waals surface area contributed by atoms with E-state index in [2.05, 4.69) is 5.10 Å². The Morgan fingerprint density at radius 3 is 2.23 bits per heavy atom. The maximum absolute atomic E-state index is 13.3. The summed E-state index contributed by atoms with van der Waals surface area (Å²) in [6.45, 7) is 0.479. The van der Waals surface area contributed by atoms with E-state index < -0.39 is 16.1 Å². The molecule has 0 aliphatic carbocycles. The Morgan fingerprint density at radius 2 is 1.58 bits per heavy atom. The lowest BCUT2D eigenvalue weighted by Crippen LogP contribution is -2.44. The molecule has 0 radical (unpaired) electrons. The van der Waals surface area contributed by atoms with Crippen molar-refractivity contribution in [3.63, 3.8) is 0 Å². The molecule has 26 heavy (non-hydrogen) atoms. The van der Waals surface area contributed by atoms with Crippen LogP contribution in [-0.4, -0.2) is 33.6 Å². The summed E-state index contributed by atoms with van der Waals surface area (Å²) in [6.07, 6.45) is 0. The van der Waals surface area contributed by atoms with Crippen molar-refractivity contribution in [2.45, 2.75) is 17.5 Å². The maximum atomic E-state index is 13.3. The zero-order valence-electron chi connectivity index (χ0n) is 14.2. The molecule has 0 amide bonds. The average molecular weight is 370 g/mol. The van der Waals surface area contributed by atoms with Gasteiger partial charge in [-0.05, 0) is 17.7 Å². The van der Waals surface area contributed by atoms with Crippen LogP contribution in [0.2, 0.25) is 0 Å². The lowest BCUT2D eigenvalue weighted by Gasteiger charge is -2.34. The number of aromatic nitrogens is 3. The van der Waals surface area contributed by atoms with Gasteiger partial charge in [0.15, 0.2) is 5.82 Å². The van der Waals surface area contributed by atoms with Gasteiger partial charge >= 0.3 is 5.69 Å². The molecule has 7 nitrogen and oxygen atoms in total. The van der Waals surface area contributed by atoms with Gasteiger partial charge in [-0.15, -0.1) is 0 Å². The molecule has 0 fully saturated rings. The van der Waals surface area contributed by atoms with Crippen molar-refractivity contribution < 1.29 is 8.42 Å². The minimum absolute atomic E-state index is 0.204. The monoisotopic (exact) mass is 370 g/mol. The number of aryl methyl sites for hydroxylation is 1. The van der Waals surface area contributed by atoms with E-state index in [4.69, 9.17) is 0 Å². The Morgan fingerprint density at radius 1 is 0.962 bits per heavy atom. The molecule has 0 spiro atoms. The number of hydrogen-bond acceptors (Lipinski definition) is 4. The van der Waals surface area contributed by atoms with Crippen LogP contribution in [0.3, 0.4) is 0 Å². The SMILES string of the molecule is Cn1nc2n(c1=O)CCN(S(=O)(=O)c1ccccc1)C2c1ccccc1. The topological polar surface area (TPSA) is 77.2 Å². The van der Waals surface area contributed by atoms with Crippen LogP contribution in [0.1, 0.15) is 17.4 Å². The van der Waals surface area contributed by atoms with Crippen LogP contribution in [0.5, 0.6) is 0 Å². The van der Waals surface area contributed by atoms with Gasteiger partial charge in [-0.25, -0.2) is 17.9 Å². The Bertz CT molecular complexity index is 1090. The molecule has 0 saturated heterocycles. The van der Waals surface area contributed by atoms with Crippen molar-refractivity contribution in [1.29, 1.82) is 0 Å². The van der Waals surface area contributed by atoms with E-state index in [1.165, 1.54) is 8.99 Å². The van der Waals surface area contributed by atoms with E-state index >= 15 is 0 Å². The average Bonchev–Trinajstić information content (AvgIpc) is 2.96. The smallest absolute Gasteiger partial charge is 0.276 e. The third-order valence-corrected chi connectivity index (χ3v) is 6.46. The molecule has 3 aromatic rings. The standard InChI is InChI=1S/C18H18N4O3S/c1-20-18(23)21-12-13-22(26(24,25)15-10-6-3-7-11-15)16(17(21)19-20)14-8-4-2-5-9-14/h2-11,16H,12-13H2,1H3. The Balaban J connectivity index is 1.91. The summed E-state index contributed by atoms with van der Waals surface area (Å²) in [5.41, 5.74) is 0.538. The first-order chi connectivity index (χ1) is 12.5. The van der Waals surface area contributed by atoms with Crippen molar-refractivity contribution in [2.24, 2.45) is 7.05 Å². The van der Waals surface area contributed by atoms with Crippen LogP contribution in [0.4, 0.5) is 0 Å². The van der Waals surface area contributed by atoms with E-state index in [-0.39, 0.29) is 23.7 Å². The van der Waals surface area contributed by atoms with Gasteiger partial charge in [-0.2, -0.15) is 9.40 Å². The molecular weight excluding hydrogens is 352 g/mol. The molecule has 4 rings (SSSR count). The predicted octanol–water partition coefficient (Wildman–Crippen LogP) is 1.38. The fourth-order valence-electron chi connectivity index (χ4n) is 3.33. The third kappa shape index (κ3) is 2.58. The van der Waals surface area contributed by atoms with Crippen LogP contribution >= 0.6 is 0 Å². The highest BCUT2D eigenvalue weighted by Crippen LogP contribution is 2.34. The van der Waals surface area contributed by atoms with Crippen LogP contribution < -0.4 is 5.69 Å². The number of fused-ring (bicyclic) bond motifs is 1. The number of sulfonamides is 1. The van der Waals surface area contributed by atoms with E-state index in [0.29, 0.717) is 5.82 Å². The summed E-state index contributed by atoms with van der Waals surface area (Å²) in [5.74, 6) is 0.439. The first-order valence-corrected chi connectivity index (χ1v) is 9.70. The number of rotatable bonds is 3. The van der Waals surface area contributed by atoms with E-state index in [1.54, 1.807) is 41.9 Å². The molecule has 1 aliphatic heterocycles. The van der Waals surface area contributed by atoms with Crippen molar-refractivity contribution in [3.8, 4) is 0 Å². The van der Waals surface area contributed by atoms with Gasteiger partial charge < -0.3 is 0 Å². The third-order valence-electron chi connectivity index (χ3n) is 4.58. The summed E-state index contributed by atoms with van der Waals surface area (Å²) < 4.78 is 30.8. The van der Waals surface area contributed by atoms with E-state index in [9.17, 15) is 13.2 Å². The quantitative estimate of drug-likeness (QED) is 0.698. The second-order valence-electron chi connectivity index (χ2n) is 6.16. The van der Waals surface area contributed by atoms with Gasteiger partial charge in [0.1, 0.15) is 6.04 Å². The van der Waals surface area contributed by atoms with Gasteiger partial charge in [0, 0.05) is 20.1 Å². The lowest BCUT2D eigenvalue weighted by atomic mass is 10.1. The fraction of sp³-hybridized carbons (Fsp3) is 0.222. The highest BCUT2D eigenvalue weighted by Gasteiger charge is 2.40. The molecule has 1 unspecified atom stereocenters. The normalized spacial score (nSPS) is 17.8. The van der Waals surface area contributed by atoms with Gasteiger partial charge in [0.2, 0.25) is 10.0 Å². The molecule has 0 N–H and O–H groups in total. The van der Waals surface area contributed by atoms with E-state index in [0.717, 1.165) is 5.56 Å². The molecular formula is C18H18N4O3S. The molecule has 2 heterocycles. The van der Waals surface area contributed by atoms with Gasteiger partial charge in [-0.3, -0.25) is 4.57 Å².